The van der Waals surface area contributed by atoms with Gasteiger partial charge in [-0.25, -0.2) is 8.42 Å². The van der Waals surface area contributed by atoms with Crippen LogP contribution in [0.5, 0.6) is 5.88 Å². The average molecular weight is 476 g/mol. The summed E-state index contributed by atoms with van der Waals surface area (Å²) in [4.78, 5) is 23.5. The van der Waals surface area contributed by atoms with Crippen molar-refractivity contribution in [2.45, 2.75) is 4.90 Å². The molecule has 0 atom stereocenters. The Labute approximate surface area is 185 Å². The molecule has 0 radical (unpaired) electrons. The number of morpholine rings is 1. The highest BCUT2D eigenvalue weighted by Crippen LogP contribution is 2.39. The van der Waals surface area contributed by atoms with Crippen LogP contribution in [0.3, 0.4) is 0 Å². The van der Waals surface area contributed by atoms with Crippen LogP contribution in [-0.2, 0) is 14.8 Å². The van der Waals surface area contributed by atoms with Gasteiger partial charge in [-0.05, 0) is 18.2 Å². The lowest BCUT2D eigenvalue weighted by Gasteiger charge is -2.25. The van der Waals surface area contributed by atoms with Gasteiger partial charge in [0.25, 0.3) is 11.4 Å². The van der Waals surface area contributed by atoms with E-state index in [0.29, 0.717) is 5.52 Å². The van der Waals surface area contributed by atoms with Gasteiger partial charge in [0.1, 0.15) is 0 Å². The molecule has 1 saturated heterocycles. The van der Waals surface area contributed by atoms with E-state index in [9.17, 15) is 33.8 Å². The van der Waals surface area contributed by atoms with E-state index in [4.69, 9.17) is 4.74 Å². The standard InChI is InChI=1S/C18H16N6O8S/c25-18-17(13-9-11(23(26)27)1-3-14(13)19-18)21-20-15-4-2-12(10-16(15)24(28)29)33(30,31)22-5-7-32-8-6-22/h1-4,9-10,19,25H,5-8H2. The molecule has 33 heavy (non-hydrogen) atoms. The van der Waals surface area contributed by atoms with E-state index < -0.39 is 31.4 Å². The highest BCUT2D eigenvalue weighted by atomic mass is 32.2. The molecular weight excluding hydrogens is 460 g/mol. The number of aromatic nitrogens is 1. The van der Waals surface area contributed by atoms with Crippen molar-refractivity contribution >= 4 is 43.7 Å². The van der Waals surface area contributed by atoms with Gasteiger partial charge in [0, 0.05) is 36.7 Å². The molecule has 0 amide bonds. The van der Waals surface area contributed by atoms with Crippen molar-refractivity contribution in [2.75, 3.05) is 26.3 Å². The lowest BCUT2D eigenvalue weighted by Crippen LogP contribution is -2.40. The van der Waals surface area contributed by atoms with E-state index >= 15 is 0 Å². The van der Waals surface area contributed by atoms with Crippen molar-refractivity contribution in [3.63, 3.8) is 0 Å². The predicted octanol–water partition coefficient (Wildman–Crippen LogP) is 3.13. The van der Waals surface area contributed by atoms with Gasteiger partial charge in [0.05, 0.1) is 33.5 Å². The van der Waals surface area contributed by atoms with E-state index in [2.05, 4.69) is 15.2 Å². The molecule has 0 spiro atoms. The fourth-order valence-corrected chi connectivity index (χ4v) is 4.73. The first-order valence-electron chi connectivity index (χ1n) is 9.45. The van der Waals surface area contributed by atoms with Gasteiger partial charge in [0.15, 0.2) is 11.4 Å². The summed E-state index contributed by atoms with van der Waals surface area (Å²) < 4.78 is 31.9. The molecule has 0 aliphatic carbocycles. The lowest BCUT2D eigenvalue weighted by molar-refractivity contribution is -0.384. The van der Waals surface area contributed by atoms with Crippen LogP contribution >= 0.6 is 0 Å². The number of sulfonamides is 1. The topological polar surface area (TPSA) is 194 Å². The maximum Gasteiger partial charge on any atom is 0.298 e. The van der Waals surface area contributed by atoms with Crippen LogP contribution in [0.1, 0.15) is 0 Å². The minimum absolute atomic E-state index is 0.129. The molecule has 1 fully saturated rings. The van der Waals surface area contributed by atoms with Crippen molar-refractivity contribution in [3.8, 4) is 5.88 Å². The largest absolute Gasteiger partial charge is 0.493 e. The number of nitrogens with zero attached hydrogens (tertiary/aromatic N) is 5. The number of azo groups is 1. The summed E-state index contributed by atoms with van der Waals surface area (Å²) in [5.74, 6) is -0.441. The van der Waals surface area contributed by atoms with Crippen molar-refractivity contribution in [1.82, 2.24) is 9.29 Å². The van der Waals surface area contributed by atoms with Crippen molar-refractivity contribution in [3.05, 3.63) is 56.6 Å². The smallest absolute Gasteiger partial charge is 0.298 e. The van der Waals surface area contributed by atoms with Gasteiger partial charge in [-0.15, -0.1) is 10.2 Å². The number of non-ortho nitro benzene ring substituents is 1. The maximum atomic E-state index is 12.8. The number of hydrogen-bond donors (Lipinski definition) is 2. The third kappa shape index (κ3) is 4.23. The van der Waals surface area contributed by atoms with E-state index in [-0.39, 0.29) is 53.6 Å². The van der Waals surface area contributed by atoms with Gasteiger partial charge in [0.2, 0.25) is 15.9 Å². The number of nitro benzene ring substituents is 2. The second-order valence-electron chi connectivity index (χ2n) is 6.93. The number of aromatic hydroxyl groups is 1. The molecule has 0 unspecified atom stereocenters. The molecular formula is C18H16N6O8S. The summed E-state index contributed by atoms with van der Waals surface area (Å²) in [6.07, 6.45) is 0. The Morgan fingerprint density at radius 3 is 2.42 bits per heavy atom. The number of fused-ring (bicyclic) bond motifs is 1. The Kier molecular flexibility index (Phi) is 5.75. The van der Waals surface area contributed by atoms with E-state index in [1.807, 2.05) is 0 Å². The van der Waals surface area contributed by atoms with Crippen LogP contribution in [-0.4, -0.2) is 59.0 Å². The molecule has 0 saturated carbocycles. The summed E-state index contributed by atoms with van der Waals surface area (Å²) in [5, 5.41) is 40.5. The minimum Gasteiger partial charge on any atom is -0.493 e. The second kappa shape index (κ2) is 8.53. The van der Waals surface area contributed by atoms with Gasteiger partial charge >= 0.3 is 0 Å². The van der Waals surface area contributed by atoms with Gasteiger partial charge in [-0.1, -0.05) is 0 Å². The minimum atomic E-state index is -3.97. The van der Waals surface area contributed by atoms with E-state index in [1.54, 1.807) is 0 Å². The fourth-order valence-electron chi connectivity index (χ4n) is 3.30. The molecule has 1 aliphatic heterocycles. The Morgan fingerprint density at radius 1 is 1.03 bits per heavy atom. The molecule has 0 bridgehead atoms. The van der Waals surface area contributed by atoms with Crippen molar-refractivity contribution < 1.29 is 28.1 Å². The van der Waals surface area contributed by atoms with Crippen molar-refractivity contribution in [1.29, 1.82) is 0 Å². The summed E-state index contributed by atoms with van der Waals surface area (Å²) in [6, 6.07) is 6.97. The Balaban J connectivity index is 1.73. The lowest BCUT2D eigenvalue weighted by atomic mass is 10.2. The SMILES string of the molecule is O=[N+]([O-])c1ccc2[nH]c(O)c(N=Nc3ccc(S(=O)(=O)N4CCOCC4)cc3[N+](=O)[O-])c2c1. The zero-order chi connectivity index (χ0) is 23.8. The predicted molar refractivity (Wildman–Crippen MR) is 113 cm³/mol. The molecule has 2 heterocycles. The number of ether oxygens (including phenoxy) is 1. The summed E-state index contributed by atoms with van der Waals surface area (Å²) in [7, 11) is -3.97. The monoisotopic (exact) mass is 476 g/mol. The molecule has 1 aliphatic rings. The van der Waals surface area contributed by atoms with Crippen LogP contribution in [0.2, 0.25) is 0 Å². The summed E-state index contributed by atoms with van der Waals surface area (Å²) in [5.41, 5.74) is -0.943. The molecule has 172 valence electrons. The number of hydrogen-bond acceptors (Lipinski definition) is 10. The number of nitrogens with one attached hydrogen (secondary N) is 1. The first kappa shape index (κ1) is 22.3. The quantitative estimate of drug-likeness (QED) is 0.307. The van der Waals surface area contributed by atoms with Crippen LogP contribution in [0, 0.1) is 20.2 Å². The normalized spacial score (nSPS) is 15.3. The molecule has 2 aromatic carbocycles. The van der Waals surface area contributed by atoms with Crippen LogP contribution in [0.25, 0.3) is 10.9 Å². The molecule has 2 N–H and O–H groups in total. The molecule has 15 heteroatoms. The zero-order valence-corrected chi connectivity index (χ0v) is 17.6. The third-order valence-corrected chi connectivity index (χ3v) is 6.85. The van der Waals surface area contributed by atoms with Crippen LogP contribution in [0.4, 0.5) is 22.7 Å². The Hall–Kier alpha value is -3.95. The first-order chi connectivity index (χ1) is 15.7. The number of nitro groups is 2. The highest BCUT2D eigenvalue weighted by Gasteiger charge is 2.29. The first-order valence-corrected chi connectivity index (χ1v) is 10.9. The van der Waals surface area contributed by atoms with Crippen LogP contribution < -0.4 is 0 Å². The van der Waals surface area contributed by atoms with Gasteiger partial charge < -0.3 is 14.8 Å². The zero-order valence-electron chi connectivity index (χ0n) is 16.7. The average Bonchev–Trinajstić information content (AvgIpc) is 3.12. The van der Waals surface area contributed by atoms with Gasteiger partial charge in [-0.3, -0.25) is 20.2 Å². The van der Waals surface area contributed by atoms with Gasteiger partial charge in [-0.2, -0.15) is 4.31 Å². The fraction of sp³-hybridized carbons (Fsp3) is 0.222. The van der Waals surface area contributed by atoms with Crippen molar-refractivity contribution in [2.24, 2.45) is 10.2 Å². The summed E-state index contributed by atoms with van der Waals surface area (Å²) in [6.45, 7) is 0.701. The molecule has 4 rings (SSSR count). The number of H-pyrrole nitrogens is 1. The molecule has 1 aromatic heterocycles. The second-order valence-corrected chi connectivity index (χ2v) is 8.87. The third-order valence-electron chi connectivity index (χ3n) is 4.96. The summed E-state index contributed by atoms with van der Waals surface area (Å²) >= 11 is 0. The Morgan fingerprint density at radius 2 is 1.76 bits per heavy atom. The number of rotatable bonds is 6. The van der Waals surface area contributed by atoms with E-state index in [0.717, 1.165) is 12.1 Å². The number of aromatic amines is 1. The maximum absolute atomic E-state index is 12.8. The molecule has 14 nitrogen and oxygen atoms in total. The highest BCUT2D eigenvalue weighted by molar-refractivity contribution is 7.89. The van der Waals surface area contributed by atoms with Crippen LogP contribution in [0.15, 0.2) is 51.5 Å². The molecule has 3 aromatic rings. The Bertz CT molecular complexity index is 1390. The van der Waals surface area contributed by atoms with E-state index in [1.165, 1.54) is 28.6 Å². The number of benzene rings is 2.